The molecule has 1 unspecified atom stereocenters. The Morgan fingerprint density at radius 3 is 2.67 bits per heavy atom. The summed E-state index contributed by atoms with van der Waals surface area (Å²) < 4.78 is 5.64. The van der Waals surface area contributed by atoms with Gasteiger partial charge < -0.3 is 19.9 Å². The summed E-state index contributed by atoms with van der Waals surface area (Å²) in [5.74, 6) is 1.92. The zero-order valence-electron chi connectivity index (χ0n) is 15.8. The van der Waals surface area contributed by atoms with E-state index in [0.29, 0.717) is 11.6 Å². The standard InChI is InChI=1S/C20H26ClN5O/c1-22-20(24-15-18(27-2)16-6-5-7-17(21)14-16)26-12-10-25(11-13-26)19-8-3-4-9-23-19/h3-9,14,18H,10-13,15H2,1-2H3,(H,22,24). The maximum absolute atomic E-state index is 6.10. The number of halogens is 1. The smallest absolute Gasteiger partial charge is 0.193 e. The topological polar surface area (TPSA) is 53.0 Å². The Morgan fingerprint density at radius 2 is 2.04 bits per heavy atom. The van der Waals surface area contributed by atoms with Crippen molar-refractivity contribution in [2.24, 2.45) is 4.99 Å². The second-order valence-electron chi connectivity index (χ2n) is 6.37. The first kappa shape index (κ1) is 19.5. The van der Waals surface area contributed by atoms with Crippen LogP contribution >= 0.6 is 11.6 Å². The predicted octanol–water partition coefficient (Wildman–Crippen LogP) is 2.82. The molecule has 1 aromatic heterocycles. The van der Waals surface area contributed by atoms with Crippen molar-refractivity contribution in [2.75, 3.05) is 51.8 Å². The fraction of sp³-hybridized carbons (Fsp3) is 0.400. The summed E-state index contributed by atoms with van der Waals surface area (Å²) in [5.41, 5.74) is 1.05. The highest BCUT2D eigenvalue weighted by atomic mass is 35.5. The van der Waals surface area contributed by atoms with Gasteiger partial charge in [-0.25, -0.2) is 4.98 Å². The highest BCUT2D eigenvalue weighted by Gasteiger charge is 2.21. The molecule has 1 atom stereocenters. The molecule has 27 heavy (non-hydrogen) atoms. The average molecular weight is 388 g/mol. The number of anilines is 1. The van der Waals surface area contributed by atoms with Crippen molar-refractivity contribution >= 4 is 23.4 Å². The molecule has 2 heterocycles. The summed E-state index contributed by atoms with van der Waals surface area (Å²) in [7, 11) is 3.52. The largest absolute Gasteiger partial charge is 0.375 e. The van der Waals surface area contributed by atoms with Crippen LogP contribution in [-0.4, -0.2) is 62.7 Å². The molecule has 7 heteroatoms. The molecule has 0 amide bonds. The van der Waals surface area contributed by atoms with Crippen molar-refractivity contribution in [1.29, 1.82) is 0 Å². The molecule has 0 spiro atoms. The van der Waals surface area contributed by atoms with Gasteiger partial charge in [0.2, 0.25) is 0 Å². The molecule has 0 aliphatic carbocycles. The molecular weight excluding hydrogens is 362 g/mol. The van der Waals surface area contributed by atoms with Gasteiger partial charge in [0.25, 0.3) is 0 Å². The van der Waals surface area contributed by atoms with Crippen molar-refractivity contribution in [1.82, 2.24) is 15.2 Å². The van der Waals surface area contributed by atoms with Gasteiger partial charge in [-0.05, 0) is 29.8 Å². The second-order valence-corrected chi connectivity index (χ2v) is 6.81. The Bertz CT molecular complexity index is 747. The van der Waals surface area contributed by atoms with E-state index in [9.17, 15) is 0 Å². The first-order chi connectivity index (χ1) is 13.2. The number of piperazine rings is 1. The Hall–Kier alpha value is -2.31. The number of benzene rings is 1. The summed E-state index contributed by atoms with van der Waals surface area (Å²) in [4.78, 5) is 13.4. The first-order valence-electron chi connectivity index (χ1n) is 9.11. The molecule has 0 radical (unpaired) electrons. The molecule has 144 valence electrons. The molecule has 1 aromatic carbocycles. The normalized spacial score (nSPS) is 16.3. The molecule has 1 aliphatic rings. The number of nitrogens with zero attached hydrogens (tertiary/aromatic N) is 4. The van der Waals surface area contributed by atoms with Crippen LogP contribution in [0.5, 0.6) is 0 Å². The minimum absolute atomic E-state index is 0.0877. The van der Waals surface area contributed by atoms with E-state index in [1.54, 1.807) is 7.11 Å². The maximum Gasteiger partial charge on any atom is 0.193 e. The zero-order chi connectivity index (χ0) is 19.1. The van der Waals surface area contributed by atoms with Crippen LogP contribution in [0, 0.1) is 0 Å². The van der Waals surface area contributed by atoms with Gasteiger partial charge in [0.15, 0.2) is 5.96 Å². The summed E-state index contributed by atoms with van der Waals surface area (Å²) in [6.07, 6.45) is 1.75. The average Bonchev–Trinajstić information content (AvgIpc) is 2.72. The summed E-state index contributed by atoms with van der Waals surface area (Å²) >= 11 is 6.10. The molecule has 6 nitrogen and oxygen atoms in total. The number of methoxy groups -OCH3 is 1. The molecule has 3 rings (SSSR count). The molecule has 0 bridgehead atoms. The van der Waals surface area contributed by atoms with Gasteiger partial charge in [0, 0.05) is 58.1 Å². The number of aliphatic imine (C=N–C) groups is 1. The molecule has 1 saturated heterocycles. The van der Waals surface area contributed by atoms with Crippen LogP contribution in [0.25, 0.3) is 0 Å². The van der Waals surface area contributed by atoms with Crippen LogP contribution in [0.1, 0.15) is 11.7 Å². The number of aromatic nitrogens is 1. The highest BCUT2D eigenvalue weighted by molar-refractivity contribution is 6.30. The Balaban J connectivity index is 1.55. The van der Waals surface area contributed by atoms with E-state index in [2.05, 4.69) is 31.2 Å². The lowest BCUT2D eigenvalue weighted by molar-refractivity contribution is 0.105. The zero-order valence-corrected chi connectivity index (χ0v) is 16.6. The molecule has 1 fully saturated rings. The van der Waals surface area contributed by atoms with Gasteiger partial charge in [0.05, 0.1) is 6.10 Å². The van der Waals surface area contributed by atoms with Gasteiger partial charge in [-0.3, -0.25) is 4.99 Å². The maximum atomic E-state index is 6.10. The number of pyridine rings is 1. The van der Waals surface area contributed by atoms with Crippen molar-refractivity contribution in [2.45, 2.75) is 6.10 Å². The molecular formula is C20H26ClN5O. The number of ether oxygens (including phenoxy) is 1. The van der Waals surface area contributed by atoms with E-state index in [1.807, 2.05) is 49.6 Å². The monoisotopic (exact) mass is 387 g/mol. The van der Waals surface area contributed by atoms with Gasteiger partial charge in [-0.15, -0.1) is 0 Å². The quantitative estimate of drug-likeness (QED) is 0.631. The number of rotatable bonds is 5. The number of hydrogen-bond acceptors (Lipinski definition) is 4. The highest BCUT2D eigenvalue weighted by Crippen LogP contribution is 2.20. The Kier molecular flexibility index (Phi) is 6.90. The van der Waals surface area contributed by atoms with Crippen LogP contribution in [0.15, 0.2) is 53.7 Å². The van der Waals surface area contributed by atoms with Crippen molar-refractivity contribution in [3.05, 3.63) is 59.2 Å². The first-order valence-corrected chi connectivity index (χ1v) is 9.49. The third-order valence-electron chi connectivity index (χ3n) is 4.71. The van der Waals surface area contributed by atoms with Crippen LogP contribution in [-0.2, 0) is 4.74 Å². The number of hydrogen-bond donors (Lipinski definition) is 1. The van der Waals surface area contributed by atoms with Gasteiger partial charge >= 0.3 is 0 Å². The lowest BCUT2D eigenvalue weighted by Gasteiger charge is -2.37. The second kappa shape index (κ2) is 9.58. The van der Waals surface area contributed by atoms with Crippen LogP contribution < -0.4 is 10.2 Å². The summed E-state index contributed by atoms with van der Waals surface area (Å²) in [5, 5.41) is 4.15. The third kappa shape index (κ3) is 5.11. The van der Waals surface area contributed by atoms with E-state index in [-0.39, 0.29) is 6.10 Å². The van der Waals surface area contributed by atoms with E-state index in [1.165, 1.54) is 0 Å². The predicted molar refractivity (Wildman–Crippen MR) is 111 cm³/mol. The number of guanidine groups is 1. The van der Waals surface area contributed by atoms with E-state index < -0.39 is 0 Å². The van der Waals surface area contributed by atoms with Gasteiger partial charge in [0.1, 0.15) is 5.82 Å². The minimum Gasteiger partial charge on any atom is -0.375 e. The summed E-state index contributed by atoms with van der Waals surface area (Å²) in [6.45, 7) is 4.25. The van der Waals surface area contributed by atoms with Gasteiger partial charge in [-0.1, -0.05) is 29.8 Å². The molecule has 1 N–H and O–H groups in total. The SMILES string of the molecule is CN=C(NCC(OC)c1cccc(Cl)c1)N1CCN(c2ccccn2)CC1. The van der Waals surface area contributed by atoms with Gasteiger partial charge in [-0.2, -0.15) is 0 Å². The van der Waals surface area contributed by atoms with Crippen LogP contribution in [0.2, 0.25) is 5.02 Å². The fourth-order valence-electron chi connectivity index (χ4n) is 3.25. The molecule has 1 aliphatic heterocycles. The van der Waals surface area contributed by atoms with Crippen molar-refractivity contribution in [3.8, 4) is 0 Å². The van der Waals surface area contributed by atoms with Crippen LogP contribution in [0.4, 0.5) is 5.82 Å². The Labute approximate surface area is 165 Å². The van der Waals surface area contributed by atoms with E-state index in [4.69, 9.17) is 16.3 Å². The molecule has 0 saturated carbocycles. The number of nitrogens with one attached hydrogen (secondary N) is 1. The third-order valence-corrected chi connectivity index (χ3v) is 4.95. The van der Waals surface area contributed by atoms with Crippen LogP contribution in [0.3, 0.4) is 0 Å². The summed E-state index contributed by atoms with van der Waals surface area (Å²) in [6, 6.07) is 13.8. The lowest BCUT2D eigenvalue weighted by Crippen LogP contribution is -2.53. The van der Waals surface area contributed by atoms with E-state index >= 15 is 0 Å². The Morgan fingerprint density at radius 1 is 1.22 bits per heavy atom. The molecule has 2 aromatic rings. The minimum atomic E-state index is -0.0877. The fourth-order valence-corrected chi connectivity index (χ4v) is 3.45. The van der Waals surface area contributed by atoms with Crippen molar-refractivity contribution in [3.63, 3.8) is 0 Å². The van der Waals surface area contributed by atoms with E-state index in [0.717, 1.165) is 43.5 Å². The van der Waals surface area contributed by atoms with Crippen molar-refractivity contribution < 1.29 is 4.74 Å². The lowest BCUT2D eigenvalue weighted by atomic mass is 10.1.